The van der Waals surface area contributed by atoms with E-state index < -0.39 is 29.6 Å². The number of hydrogen-bond acceptors (Lipinski definition) is 10. The Labute approximate surface area is 660 Å². The number of aromatic amines is 2. The van der Waals surface area contributed by atoms with E-state index >= 15 is 0 Å². The van der Waals surface area contributed by atoms with Crippen LogP contribution in [0.3, 0.4) is 0 Å². The highest BCUT2D eigenvalue weighted by Gasteiger charge is 2.39. The average molecular weight is 1530 g/mol. The molecule has 0 aliphatic carbocycles. The molecule has 4 atom stereocenters. The molecule has 20 heteroatoms. The minimum absolute atomic E-state index is 0. The van der Waals surface area contributed by atoms with E-state index in [-0.39, 0.29) is 103 Å². The van der Waals surface area contributed by atoms with E-state index in [9.17, 15) is 47.9 Å². The normalized spacial score (nSPS) is 16.7. The van der Waals surface area contributed by atoms with E-state index in [1.807, 2.05) is 233 Å². The van der Waals surface area contributed by atoms with Crippen LogP contribution in [0, 0.1) is 10.8 Å². The molecular formula is C92H100ClN9O10. The standard InChI is InChI=1S/C46H48N4O5.C40H39N5O4.C5H9ClO.CH4/c1-46(2,3)44(54)42-35-26-32(27-39(51)37-16-10-24-49(37)40(52)28-30-12-6-4-7-13-30)18-23-36(35)48-43(42)33-19-21-34(22-20-33)47-45(55)38-17-11-25-50(38)41(53)29-31-14-8-5-9-15-31;46-37(23-27-9-3-1-4-10-27)44-21-7-13-35(44)39(48)41-31-17-15-29(16-18-31)34-26-30-25-32(19-20-33(30)43-34)42-40(49)36-14-8-22-45(36)38(47)24-28-11-5-2-6-12-28;1-5(2,3)4(6)7;/h4-9,12-15,18-23,26,37-38,48H,10-11,16-17,24-25,27-29H2,1-3H3,(H,47,55);1-6,9-12,15-20,25-26,35-36,43H,7-8,13-14,21-24H2,(H,41,48)(H,42,49);1-3H3;1H4/t37-,38-;35-,36-;;/m00../s1. The molecule has 10 aromatic rings. The van der Waals surface area contributed by atoms with Gasteiger partial charge in [-0.3, -0.25) is 47.9 Å². The summed E-state index contributed by atoms with van der Waals surface area (Å²) >= 11 is 5.11. The van der Waals surface area contributed by atoms with Gasteiger partial charge < -0.3 is 45.5 Å². The second-order valence-corrected chi connectivity index (χ2v) is 31.6. The molecule has 14 rings (SSSR count). The van der Waals surface area contributed by atoms with Gasteiger partial charge in [-0.1, -0.05) is 201 Å². The molecule has 8 aromatic carbocycles. The summed E-state index contributed by atoms with van der Waals surface area (Å²) in [5.74, 6) is -0.766. The third-order valence-electron chi connectivity index (χ3n) is 20.9. The molecule has 2 aromatic heterocycles. The van der Waals surface area contributed by atoms with Gasteiger partial charge in [0.2, 0.25) is 46.6 Å². The van der Waals surface area contributed by atoms with Crippen molar-refractivity contribution in [3.05, 3.63) is 246 Å². The highest BCUT2D eigenvalue weighted by atomic mass is 35.5. The maximum Gasteiger partial charge on any atom is 0.247 e. The molecule has 0 saturated carbocycles. The van der Waals surface area contributed by atoms with Crippen molar-refractivity contribution >= 4 is 109 Å². The van der Waals surface area contributed by atoms with Gasteiger partial charge in [-0.15, -0.1) is 0 Å². The van der Waals surface area contributed by atoms with Gasteiger partial charge in [-0.2, -0.15) is 0 Å². The van der Waals surface area contributed by atoms with Crippen LogP contribution in [-0.2, 0) is 75.3 Å². The van der Waals surface area contributed by atoms with Crippen molar-refractivity contribution in [1.82, 2.24) is 29.6 Å². The molecule has 0 spiro atoms. The number of hydrogen-bond donors (Lipinski definition) is 5. The first-order valence-electron chi connectivity index (χ1n) is 38.3. The summed E-state index contributed by atoms with van der Waals surface area (Å²) in [7, 11) is 0. The number of likely N-dealkylation sites (tertiary alicyclic amines) is 4. The molecule has 4 aliphatic heterocycles. The Morgan fingerprint density at radius 1 is 0.384 bits per heavy atom. The van der Waals surface area contributed by atoms with Crippen LogP contribution in [0.1, 0.15) is 139 Å². The molecule has 0 bridgehead atoms. The lowest BCUT2D eigenvalue weighted by atomic mass is 9.84. The number of ketones is 2. The van der Waals surface area contributed by atoms with E-state index in [4.69, 9.17) is 11.6 Å². The first kappa shape index (κ1) is 81.4. The van der Waals surface area contributed by atoms with Crippen LogP contribution in [0.4, 0.5) is 17.1 Å². The van der Waals surface area contributed by atoms with Crippen molar-refractivity contribution in [2.45, 2.75) is 157 Å². The third-order valence-corrected chi connectivity index (χ3v) is 21.5. The van der Waals surface area contributed by atoms with E-state index in [0.717, 1.165) is 92.1 Å². The van der Waals surface area contributed by atoms with Crippen molar-refractivity contribution in [1.29, 1.82) is 0 Å². The molecule has 5 N–H and O–H groups in total. The predicted octanol–water partition coefficient (Wildman–Crippen LogP) is 16.2. The Hall–Kier alpha value is -11.6. The van der Waals surface area contributed by atoms with Crippen LogP contribution in [0.5, 0.6) is 0 Å². The number of carbonyl (C=O) groups is 10. The fourth-order valence-corrected chi connectivity index (χ4v) is 14.9. The van der Waals surface area contributed by atoms with Gasteiger partial charge in [0.15, 0.2) is 11.6 Å². The minimum atomic E-state index is -0.682. The van der Waals surface area contributed by atoms with Crippen molar-refractivity contribution < 1.29 is 47.9 Å². The van der Waals surface area contributed by atoms with Gasteiger partial charge >= 0.3 is 0 Å². The first-order chi connectivity index (χ1) is 53.3. The van der Waals surface area contributed by atoms with Gasteiger partial charge in [0.05, 0.1) is 43.0 Å². The average Bonchev–Trinajstić information content (AvgIpc) is 1.61. The number of aromatic nitrogens is 2. The maximum absolute atomic E-state index is 14.1. The lowest BCUT2D eigenvalue weighted by molar-refractivity contribution is -0.136. The number of nitrogens with one attached hydrogen (secondary N) is 5. The number of rotatable bonds is 20. The van der Waals surface area contributed by atoms with Gasteiger partial charge in [-0.05, 0) is 163 Å². The molecule has 0 unspecified atom stereocenters. The summed E-state index contributed by atoms with van der Waals surface area (Å²) in [6, 6.07) is 64.9. The topological polar surface area (TPSA) is 251 Å². The zero-order valence-electron chi connectivity index (χ0n) is 63.8. The summed E-state index contributed by atoms with van der Waals surface area (Å²) in [5.41, 5.74) is 10.9. The maximum atomic E-state index is 14.1. The number of halogens is 1. The highest BCUT2D eigenvalue weighted by molar-refractivity contribution is 6.64. The van der Waals surface area contributed by atoms with Crippen molar-refractivity contribution in [2.24, 2.45) is 10.8 Å². The Balaban J connectivity index is 0.000000203. The molecule has 4 saturated heterocycles. The molecule has 580 valence electrons. The van der Waals surface area contributed by atoms with Crippen LogP contribution >= 0.6 is 11.6 Å². The van der Waals surface area contributed by atoms with Crippen molar-refractivity contribution in [3.8, 4) is 22.5 Å². The Morgan fingerprint density at radius 3 is 1.13 bits per heavy atom. The predicted molar refractivity (Wildman–Crippen MR) is 442 cm³/mol. The summed E-state index contributed by atoms with van der Waals surface area (Å²) in [5, 5.41) is 10.4. The fourth-order valence-electron chi connectivity index (χ4n) is 14.9. The summed E-state index contributed by atoms with van der Waals surface area (Å²) in [6.07, 6.45) is 6.95. The van der Waals surface area contributed by atoms with Crippen molar-refractivity contribution in [3.63, 3.8) is 0 Å². The molecular weight excluding hydrogens is 1430 g/mol. The summed E-state index contributed by atoms with van der Waals surface area (Å²) < 4.78 is 0. The number of H-pyrrole nitrogens is 2. The van der Waals surface area contributed by atoms with E-state index in [1.54, 1.807) is 40.4 Å². The smallest absolute Gasteiger partial charge is 0.247 e. The van der Waals surface area contributed by atoms with Gasteiger partial charge in [-0.25, -0.2) is 0 Å². The Bertz CT molecular complexity index is 5030. The zero-order chi connectivity index (χ0) is 78.5. The molecule has 4 aliphatic rings. The number of nitrogens with zero attached hydrogens (tertiary/aromatic N) is 4. The summed E-state index contributed by atoms with van der Waals surface area (Å²) in [4.78, 5) is 144. The molecule has 7 amide bonds. The lowest BCUT2D eigenvalue weighted by Crippen LogP contribution is -2.43. The summed E-state index contributed by atoms with van der Waals surface area (Å²) in [6.45, 7) is 13.3. The van der Waals surface area contributed by atoms with Crippen LogP contribution in [0.2, 0.25) is 0 Å². The van der Waals surface area contributed by atoms with E-state index in [2.05, 4.69) is 25.9 Å². The Kier molecular flexibility index (Phi) is 26.5. The quantitative estimate of drug-likeness (QED) is 0.0356. The van der Waals surface area contributed by atoms with E-state index in [1.165, 1.54) is 0 Å². The first-order valence-corrected chi connectivity index (χ1v) is 38.7. The molecule has 4 fully saturated rings. The number of amides is 7. The number of fused-ring (bicyclic) bond motifs is 2. The second-order valence-electron chi connectivity index (χ2n) is 31.2. The number of benzene rings is 8. The molecule has 112 heavy (non-hydrogen) atoms. The van der Waals surface area contributed by atoms with Crippen LogP contribution < -0.4 is 16.0 Å². The minimum Gasteiger partial charge on any atom is -0.355 e. The number of anilines is 3. The van der Waals surface area contributed by atoms with Crippen molar-refractivity contribution in [2.75, 3.05) is 42.1 Å². The number of Topliss-reactive ketones (excluding diaryl/α,β-unsaturated/α-hetero) is 2. The third kappa shape index (κ3) is 20.3. The van der Waals surface area contributed by atoms with E-state index in [0.29, 0.717) is 80.2 Å². The monoisotopic (exact) mass is 1530 g/mol. The van der Waals surface area contributed by atoms with Crippen LogP contribution in [-0.4, -0.2) is 138 Å². The van der Waals surface area contributed by atoms with Gasteiger partial charge in [0.1, 0.15) is 18.1 Å². The van der Waals surface area contributed by atoms with Crippen LogP contribution in [0.25, 0.3) is 44.3 Å². The zero-order valence-corrected chi connectivity index (χ0v) is 64.5. The highest BCUT2D eigenvalue weighted by Crippen LogP contribution is 2.38. The van der Waals surface area contributed by atoms with Gasteiger partial charge in [0.25, 0.3) is 0 Å². The largest absolute Gasteiger partial charge is 0.355 e. The second kappa shape index (κ2) is 36.5. The van der Waals surface area contributed by atoms with Crippen LogP contribution in [0.15, 0.2) is 212 Å². The molecule has 0 radical (unpaired) electrons. The lowest BCUT2D eigenvalue weighted by Gasteiger charge is -2.24. The molecule has 19 nitrogen and oxygen atoms in total. The Morgan fingerprint density at radius 2 is 0.741 bits per heavy atom. The van der Waals surface area contributed by atoms with Gasteiger partial charge in [0, 0.05) is 88.0 Å². The SMILES string of the molecule is C.CC(C)(C)C(=O)Cl.CC(C)(C)C(=O)c1c(-c2ccc(NC(=O)[C@@H]3CCCN3C(=O)Cc3ccccc3)cc2)[nH]c2ccc(CC(=O)[C@@H]3CCCN3C(=O)Cc3ccccc3)cc12.O=C(Nc1ccc(-c2cc3cc(NC(=O)[C@@H]4CCCN4C(=O)Cc4ccccc4)ccc3[nH]2)cc1)[C@@H]1CCCN1C(=O)Cc1ccccc1. The fraction of sp³-hybridized carbons (Fsp3) is 0.326. The molecule has 6 heterocycles. The number of carbonyl (C=O) groups excluding carboxylic acids is 10.